The average Bonchev–Trinajstić information content (AvgIpc) is 3.04. The first kappa shape index (κ1) is 14.1. The van der Waals surface area contributed by atoms with E-state index >= 15 is 0 Å². The van der Waals surface area contributed by atoms with E-state index < -0.39 is 5.76 Å². The molecule has 0 spiro atoms. The monoisotopic (exact) mass is 302 g/mol. The molecule has 0 aliphatic carbocycles. The molecule has 110 valence electrons. The Kier molecular flexibility index (Phi) is 3.94. The van der Waals surface area contributed by atoms with Crippen LogP contribution in [0.15, 0.2) is 38.9 Å². The number of thiophene rings is 1. The molecule has 0 amide bonds. The van der Waals surface area contributed by atoms with Crippen LogP contribution in [-0.4, -0.2) is 11.5 Å². The van der Waals surface area contributed by atoms with Crippen molar-refractivity contribution in [3.63, 3.8) is 0 Å². The number of aromatic nitrogens is 1. The van der Waals surface area contributed by atoms with E-state index in [0.717, 1.165) is 24.0 Å². The van der Waals surface area contributed by atoms with Gasteiger partial charge in [0.15, 0.2) is 5.58 Å². The average molecular weight is 302 g/mol. The Labute approximate surface area is 126 Å². The fourth-order valence-corrected chi connectivity index (χ4v) is 3.50. The lowest BCUT2D eigenvalue weighted by Crippen LogP contribution is -2.22. The van der Waals surface area contributed by atoms with Gasteiger partial charge in [-0.3, -0.25) is 4.98 Å². The third kappa shape index (κ3) is 2.80. The van der Waals surface area contributed by atoms with Crippen LogP contribution in [-0.2, 0) is 0 Å². The third-order valence-corrected chi connectivity index (χ3v) is 4.62. The number of aryl methyl sites for hydroxylation is 1. The fraction of sp³-hybridized carbons (Fsp3) is 0.312. The Balaban J connectivity index is 2.04. The van der Waals surface area contributed by atoms with Crippen LogP contribution in [0.25, 0.3) is 11.1 Å². The molecule has 3 rings (SSSR count). The first-order chi connectivity index (χ1) is 10.2. The Hall–Kier alpha value is -1.85. The van der Waals surface area contributed by atoms with Gasteiger partial charge in [0.05, 0.1) is 11.6 Å². The smallest absolute Gasteiger partial charge is 0.408 e. The minimum absolute atomic E-state index is 0.134. The molecule has 0 aliphatic rings. The van der Waals surface area contributed by atoms with Gasteiger partial charge in [-0.15, -0.1) is 11.3 Å². The number of hydrogen-bond donors (Lipinski definition) is 2. The zero-order valence-corrected chi connectivity index (χ0v) is 12.9. The van der Waals surface area contributed by atoms with Crippen LogP contribution in [0.5, 0.6) is 0 Å². The maximum Gasteiger partial charge on any atom is 0.417 e. The number of aromatic amines is 1. The molecule has 21 heavy (non-hydrogen) atoms. The summed E-state index contributed by atoms with van der Waals surface area (Å²) < 4.78 is 5.18. The molecule has 4 nitrogen and oxygen atoms in total. The third-order valence-electron chi connectivity index (χ3n) is 3.54. The highest BCUT2D eigenvalue weighted by Crippen LogP contribution is 2.30. The predicted molar refractivity (Wildman–Crippen MR) is 86.0 cm³/mol. The van der Waals surface area contributed by atoms with E-state index in [-0.39, 0.29) is 6.04 Å². The first-order valence-corrected chi connectivity index (χ1v) is 7.97. The highest BCUT2D eigenvalue weighted by Gasteiger charge is 2.18. The van der Waals surface area contributed by atoms with Crippen LogP contribution in [0.4, 0.5) is 0 Å². The number of nitrogens with one attached hydrogen (secondary N) is 2. The fourth-order valence-electron chi connectivity index (χ4n) is 2.47. The van der Waals surface area contributed by atoms with Gasteiger partial charge in [-0.05, 0) is 54.6 Å². The summed E-state index contributed by atoms with van der Waals surface area (Å²) >= 11 is 1.75. The standard InChI is InChI=1S/C16H18N2O2S/c1-3-7-17-14(15-10(2)6-8-21-15)11-4-5-12-13(9-11)20-16(19)18-12/h4-6,8-9,14,17H,3,7H2,1-2H3,(H,18,19). The number of benzene rings is 1. The van der Waals surface area contributed by atoms with E-state index in [2.05, 4.69) is 35.6 Å². The van der Waals surface area contributed by atoms with Gasteiger partial charge in [-0.1, -0.05) is 13.0 Å². The Bertz CT molecular complexity index is 800. The van der Waals surface area contributed by atoms with E-state index in [1.54, 1.807) is 11.3 Å². The van der Waals surface area contributed by atoms with Gasteiger partial charge < -0.3 is 9.73 Å². The van der Waals surface area contributed by atoms with Crippen molar-refractivity contribution in [3.8, 4) is 0 Å². The molecule has 2 N–H and O–H groups in total. The molecule has 0 radical (unpaired) electrons. The highest BCUT2D eigenvalue weighted by molar-refractivity contribution is 7.10. The summed E-state index contributed by atoms with van der Waals surface area (Å²) in [4.78, 5) is 15.3. The molecule has 0 aliphatic heterocycles. The van der Waals surface area contributed by atoms with E-state index in [1.165, 1.54) is 10.4 Å². The maximum atomic E-state index is 11.3. The summed E-state index contributed by atoms with van der Waals surface area (Å²) in [6, 6.07) is 8.16. The van der Waals surface area contributed by atoms with E-state index in [1.807, 2.05) is 18.2 Å². The van der Waals surface area contributed by atoms with Gasteiger partial charge >= 0.3 is 5.76 Å². The van der Waals surface area contributed by atoms with Crippen LogP contribution < -0.4 is 11.1 Å². The van der Waals surface area contributed by atoms with Crippen molar-refractivity contribution < 1.29 is 4.42 Å². The number of oxazole rings is 1. The van der Waals surface area contributed by atoms with Gasteiger partial charge in [0.2, 0.25) is 0 Å². The SMILES string of the molecule is CCCNC(c1ccc2[nH]c(=O)oc2c1)c1sccc1C. The van der Waals surface area contributed by atoms with Crippen LogP contribution >= 0.6 is 11.3 Å². The molecular weight excluding hydrogens is 284 g/mol. The molecule has 2 aromatic heterocycles. The van der Waals surface area contributed by atoms with Crippen molar-refractivity contribution in [3.05, 3.63) is 56.2 Å². The molecular formula is C16H18N2O2S. The van der Waals surface area contributed by atoms with E-state index in [4.69, 9.17) is 4.42 Å². The summed E-state index contributed by atoms with van der Waals surface area (Å²) in [6.45, 7) is 5.22. The summed E-state index contributed by atoms with van der Waals surface area (Å²) in [5, 5.41) is 5.69. The lowest BCUT2D eigenvalue weighted by Gasteiger charge is -2.19. The topological polar surface area (TPSA) is 58.0 Å². The van der Waals surface area contributed by atoms with Crippen molar-refractivity contribution in [2.75, 3.05) is 6.54 Å². The van der Waals surface area contributed by atoms with Crippen molar-refractivity contribution in [2.24, 2.45) is 0 Å². The minimum Gasteiger partial charge on any atom is -0.408 e. The van der Waals surface area contributed by atoms with Crippen molar-refractivity contribution in [1.29, 1.82) is 0 Å². The van der Waals surface area contributed by atoms with Crippen molar-refractivity contribution in [2.45, 2.75) is 26.3 Å². The zero-order chi connectivity index (χ0) is 14.8. The quantitative estimate of drug-likeness (QED) is 0.757. The van der Waals surface area contributed by atoms with E-state index in [0.29, 0.717) is 5.58 Å². The summed E-state index contributed by atoms with van der Waals surface area (Å²) in [6.07, 6.45) is 1.07. The molecule has 1 unspecified atom stereocenters. The van der Waals surface area contributed by atoms with Crippen molar-refractivity contribution >= 4 is 22.4 Å². The molecule has 0 bridgehead atoms. The first-order valence-electron chi connectivity index (χ1n) is 7.09. The second kappa shape index (κ2) is 5.87. The van der Waals surface area contributed by atoms with Crippen molar-refractivity contribution in [1.82, 2.24) is 10.3 Å². The minimum atomic E-state index is -0.410. The van der Waals surface area contributed by atoms with Gasteiger partial charge in [0, 0.05) is 4.88 Å². The second-order valence-electron chi connectivity index (χ2n) is 5.13. The largest absolute Gasteiger partial charge is 0.417 e. The van der Waals surface area contributed by atoms with Crippen LogP contribution in [0.1, 0.15) is 35.4 Å². The molecule has 1 atom stereocenters. The number of rotatable bonds is 5. The normalized spacial score (nSPS) is 12.9. The molecule has 0 saturated carbocycles. The zero-order valence-electron chi connectivity index (χ0n) is 12.1. The number of hydrogen-bond acceptors (Lipinski definition) is 4. The van der Waals surface area contributed by atoms with Crippen LogP contribution in [0, 0.1) is 6.92 Å². The Morgan fingerprint density at radius 2 is 2.24 bits per heavy atom. The predicted octanol–water partition coefficient (Wildman–Crippen LogP) is 3.58. The maximum absolute atomic E-state index is 11.3. The number of H-pyrrole nitrogens is 1. The summed E-state index contributed by atoms with van der Waals surface area (Å²) in [5.41, 5.74) is 3.74. The lowest BCUT2D eigenvalue weighted by molar-refractivity contribution is 0.553. The summed E-state index contributed by atoms with van der Waals surface area (Å²) in [5.74, 6) is -0.410. The van der Waals surface area contributed by atoms with E-state index in [9.17, 15) is 4.79 Å². The molecule has 5 heteroatoms. The molecule has 1 aromatic carbocycles. The Morgan fingerprint density at radius 1 is 1.38 bits per heavy atom. The molecule has 2 heterocycles. The lowest BCUT2D eigenvalue weighted by atomic mass is 10.0. The van der Waals surface area contributed by atoms with Gasteiger partial charge in [-0.25, -0.2) is 4.79 Å². The Morgan fingerprint density at radius 3 is 2.95 bits per heavy atom. The van der Waals surface area contributed by atoms with Crippen LogP contribution in [0.2, 0.25) is 0 Å². The van der Waals surface area contributed by atoms with Gasteiger partial charge in [-0.2, -0.15) is 0 Å². The van der Waals surface area contributed by atoms with Gasteiger partial charge in [0.1, 0.15) is 0 Å². The summed E-state index contributed by atoms with van der Waals surface area (Å²) in [7, 11) is 0. The van der Waals surface area contributed by atoms with Gasteiger partial charge in [0.25, 0.3) is 0 Å². The number of fused-ring (bicyclic) bond motifs is 1. The highest BCUT2D eigenvalue weighted by atomic mass is 32.1. The molecule has 3 aromatic rings. The molecule has 0 saturated heterocycles. The van der Waals surface area contributed by atoms with Crippen LogP contribution in [0.3, 0.4) is 0 Å². The molecule has 0 fully saturated rings. The second-order valence-corrected chi connectivity index (χ2v) is 6.07.